The van der Waals surface area contributed by atoms with Crippen LogP contribution in [0.2, 0.25) is 0 Å². The number of ether oxygens (including phenoxy) is 1. The van der Waals surface area contributed by atoms with Gasteiger partial charge in [0.05, 0.1) is 6.10 Å². The Balaban J connectivity index is 1.86. The summed E-state index contributed by atoms with van der Waals surface area (Å²) in [4.78, 5) is 0. The first kappa shape index (κ1) is 18.5. The molecule has 0 saturated heterocycles. The normalized spacial score (nSPS) is 14.8. The van der Waals surface area contributed by atoms with E-state index in [1.54, 1.807) is 0 Å². The number of hydrogen-bond acceptors (Lipinski definition) is 3. The van der Waals surface area contributed by atoms with E-state index >= 15 is 0 Å². The number of rotatable bonds is 9. The van der Waals surface area contributed by atoms with Gasteiger partial charge in [0.25, 0.3) is 0 Å². The van der Waals surface area contributed by atoms with Gasteiger partial charge in [0.15, 0.2) is 0 Å². The monoisotopic (exact) mass is 327 g/mol. The summed E-state index contributed by atoms with van der Waals surface area (Å²) < 4.78 is 5.81. The van der Waals surface area contributed by atoms with Crippen LogP contribution in [0.3, 0.4) is 0 Å². The van der Waals surface area contributed by atoms with Crippen molar-refractivity contribution < 1.29 is 9.84 Å². The third kappa shape index (κ3) is 5.66. The van der Waals surface area contributed by atoms with Crippen molar-refractivity contribution in [3.05, 3.63) is 65.7 Å². The molecular weight excluding hydrogens is 298 g/mol. The van der Waals surface area contributed by atoms with Crippen LogP contribution < -0.4 is 10.5 Å². The highest BCUT2D eigenvalue weighted by Crippen LogP contribution is 2.24. The molecule has 3 heteroatoms. The highest BCUT2D eigenvalue weighted by Gasteiger charge is 2.18. The van der Waals surface area contributed by atoms with Crippen LogP contribution in [0.1, 0.15) is 50.2 Å². The predicted octanol–water partition coefficient (Wildman–Crippen LogP) is 4.25. The van der Waals surface area contributed by atoms with Crippen molar-refractivity contribution in [3.8, 4) is 5.75 Å². The quantitative estimate of drug-likeness (QED) is 0.724. The minimum atomic E-state index is -0.450. The van der Waals surface area contributed by atoms with Crippen molar-refractivity contribution in [2.75, 3.05) is 0 Å². The molecule has 2 aromatic carbocycles. The molecule has 0 saturated carbocycles. The van der Waals surface area contributed by atoms with Gasteiger partial charge < -0.3 is 15.6 Å². The predicted molar refractivity (Wildman–Crippen MR) is 99.1 cm³/mol. The van der Waals surface area contributed by atoms with E-state index in [4.69, 9.17) is 10.5 Å². The number of benzene rings is 2. The zero-order valence-corrected chi connectivity index (χ0v) is 14.7. The lowest BCUT2D eigenvalue weighted by Gasteiger charge is -2.22. The van der Waals surface area contributed by atoms with Crippen LogP contribution in [-0.2, 0) is 6.61 Å². The van der Waals surface area contributed by atoms with Gasteiger partial charge in [0.2, 0.25) is 0 Å². The second-order valence-electron chi connectivity index (χ2n) is 6.50. The fourth-order valence-electron chi connectivity index (χ4n) is 2.83. The third-order valence-corrected chi connectivity index (χ3v) is 4.41. The molecule has 0 aliphatic carbocycles. The number of aliphatic hydroxyl groups is 1. The van der Waals surface area contributed by atoms with Gasteiger partial charge in [-0.15, -0.1) is 0 Å². The Bertz CT molecular complexity index is 583. The molecule has 2 aromatic rings. The van der Waals surface area contributed by atoms with Crippen molar-refractivity contribution in [2.24, 2.45) is 5.73 Å². The van der Waals surface area contributed by atoms with Crippen LogP contribution in [0.5, 0.6) is 5.75 Å². The molecule has 3 atom stereocenters. The lowest BCUT2D eigenvalue weighted by molar-refractivity contribution is 0.124. The maximum atomic E-state index is 10.2. The zero-order valence-electron chi connectivity index (χ0n) is 14.7. The Hall–Kier alpha value is -1.84. The fourth-order valence-corrected chi connectivity index (χ4v) is 2.83. The molecule has 2 rings (SSSR count). The van der Waals surface area contributed by atoms with Crippen LogP contribution >= 0.6 is 0 Å². The smallest absolute Gasteiger partial charge is 0.119 e. The average Bonchev–Trinajstić information content (AvgIpc) is 2.61. The van der Waals surface area contributed by atoms with Gasteiger partial charge in [-0.3, -0.25) is 0 Å². The molecule has 0 aliphatic heterocycles. The van der Waals surface area contributed by atoms with Crippen LogP contribution in [-0.4, -0.2) is 17.3 Å². The molecule has 3 nitrogen and oxygen atoms in total. The molecule has 0 aliphatic rings. The molecule has 0 fully saturated rings. The van der Waals surface area contributed by atoms with E-state index in [0.717, 1.165) is 24.2 Å². The van der Waals surface area contributed by atoms with Gasteiger partial charge >= 0.3 is 0 Å². The van der Waals surface area contributed by atoms with Gasteiger partial charge in [-0.1, -0.05) is 62.7 Å². The molecule has 0 heterocycles. The minimum absolute atomic E-state index is 0.133. The van der Waals surface area contributed by atoms with E-state index < -0.39 is 6.10 Å². The van der Waals surface area contributed by atoms with Crippen LogP contribution in [0.15, 0.2) is 54.6 Å². The second-order valence-corrected chi connectivity index (χ2v) is 6.50. The molecule has 3 unspecified atom stereocenters. The number of hydrogen-bond donors (Lipinski definition) is 2. The van der Waals surface area contributed by atoms with E-state index in [9.17, 15) is 5.11 Å². The summed E-state index contributed by atoms with van der Waals surface area (Å²) in [6, 6.07) is 18.1. The lowest BCUT2D eigenvalue weighted by atomic mass is 9.91. The SMILES string of the molecule is CCCC(N)C(O)CC(C)c1ccc(OCc2ccccc2)cc1. The number of aliphatic hydroxyl groups excluding tert-OH is 1. The Morgan fingerprint density at radius 3 is 2.33 bits per heavy atom. The highest BCUT2D eigenvalue weighted by atomic mass is 16.5. The van der Waals surface area contributed by atoms with E-state index in [1.165, 1.54) is 5.56 Å². The number of nitrogens with two attached hydrogens (primary N) is 1. The average molecular weight is 327 g/mol. The first-order chi connectivity index (χ1) is 11.6. The molecule has 0 aromatic heterocycles. The molecule has 130 valence electrons. The summed E-state index contributed by atoms with van der Waals surface area (Å²) in [6.45, 7) is 4.78. The standard InChI is InChI=1S/C21H29NO2/c1-3-7-20(22)21(23)14-16(2)18-10-12-19(13-11-18)24-15-17-8-5-4-6-9-17/h4-6,8-13,16,20-21,23H,3,7,14-15,22H2,1-2H3. The summed E-state index contributed by atoms with van der Waals surface area (Å²) in [5.74, 6) is 1.13. The first-order valence-electron chi connectivity index (χ1n) is 8.80. The summed E-state index contributed by atoms with van der Waals surface area (Å²) >= 11 is 0. The summed E-state index contributed by atoms with van der Waals surface area (Å²) in [7, 11) is 0. The van der Waals surface area contributed by atoms with Crippen molar-refractivity contribution in [2.45, 2.75) is 57.8 Å². The molecule has 0 spiro atoms. The first-order valence-corrected chi connectivity index (χ1v) is 8.80. The van der Waals surface area contributed by atoms with Gasteiger partial charge in [-0.25, -0.2) is 0 Å². The van der Waals surface area contributed by atoms with Gasteiger partial charge in [0.1, 0.15) is 12.4 Å². The van der Waals surface area contributed by atoms with Crippen molar-refractivity contribution in [1.29, 1.82) is 0 Å². The molecule has 24 heavy (non-hydrogen) atoms. The summed E-state index contributed by atoms with van der Waals surface area (Å²) in [5.41, 5.74) is 8.36. The Morgan fingerprint density at radius 1 is 1.04 bits per heavy atom. The molecule has 0 radical (unpaired) electrons. The largest absolute Gasteiger partial charge is 0.489 e. The van der Waals surface area contributed by atoms with E-state index in [0.29, 0.717) is 13.0 Å². The highest BCUT2D eigenvalue weighted by molar-refractivity contribution is 5.29. The van der Waals surface area contributed by atoms with Gasteiger partial charge in [0, 0.05) is 6.04 Å². The van der Waals surface area contributed by atoms with Crippen molar-refractivity contribution in [1.82, 2.24) is 0 Å². The van der Waals surface area contributed by atoms with Gasteiger partial charge in [-0.2, -0.15) is 0 Å². The van der Waals surface area contributed by atoms with Crippen molar-refractivity contribution >= 4 is 0 Å². The fraction of sp³-hybridized carbons (Fsp3) is 0.429. The van der Waals surface area contributed by atoms with Crippen LogP contribution in [0.4, 0.5) is 0 Å². The molecule has 0 bridgehead atoms. The molecule has 3 N–H and O–H groups in total. The van der Waals surface area contributed by atoms with Gasteiger partial charge in [-0.05, 0) is 42.0 Å². The molecular formula is C21H29NO2. The topological polar surface area (TPSA) is 55.5 Å². The Morgan fingerprint density at radius 2 is 1.71 bits per heavy atom. The Kier molecular flexibility index (Phi) is 7.29. The summed E-state index contributed by atoms with van der Waals surface area (Å²) in [5, 5.41) is 10.2. The van der Waals surface area contributed by atoms with E-state index in [1.807, 2.05) is 30.3 Å². The second kappa shape index (κ2) is 9.45. The lowest BCUT2D eigenvalue weighted by Crippen LogP contribution is -2.35. The Labute approximate surface area is 145 Å². The van der Waals surface area contributed by atoms with Crippen LogP contribution in [0.25, 0.3) is 0 Å². The van der Waals surface area contributed by atoms with E-state index in [-0.39, 0.29) is 12.0 Å². The zero-order chi connectivity index (χ0) is 17.4. The summed E-state index contributed by atoms with van der Waals surface area (Å²) in [6.07, 6.45) is 2.10. The molecule has 0 amide bonds. The maximum absolute atomic E-state index is 10.2. The minimum Gasteiger partial charge on any atom is -0.489 e. The maximum Gasteiger partial charge on any atom is 0.119 e. The van der Waals surface area contributed by atoms with E-state index in [2.05, 4.69) is 38.1 Å². The third-order valence-electron chi connectivity index (χ3n) is 4.41. The van der Waals surface area contributed by atoms with Crippen LogP contribution in [0, 0.1) is 0 Å². The van der Waals surface area contributed by atoms with Crippen molar-refractivity contribution in [3.63, 3.8) is 0 Å².